The maximum Gasteiger partial charge on any atom is 0.261 e. The van der Waals surface area contributed by atoms with E-state index in [1.54, 1.807) is 6.08 Å². The Hall–Kier alpha value is -2.28. The van der Waals surface area contributed by atoms with Crippen molar-refractivity contribution in [3.8, 4) is 6.07 Å². The summed E-state index contributed by atoms with van der Waals surface area (Å²) in [5.74, 6) is 0.0883. The van der Waals surface area contributed by atoms with Crippen molar-refractivity contribution in [3.63, 3.8) is 0 Å². The molecule has 0 spiro atoms. The normalized spacial score (nSPS) is 19.8. The molecule has 1 amide bonds. The smallest absolute Gasteiger partial charge is 0.261 e. The van der Waals surface area contributed by atoms with Gasteiger partial charge in [-0.05, 0) is 68.0 Å². The van der Waals surface area contributed by atoms with Gasteiger partial charge in [-0.2, -0.15) is 5.26 Å². The lowest BCUT2D eigenvalue weighted by molar-refractivity contribution is -0.116. The Labute approximate surface area is 138 Å². The quantitative estimate of drug-likeness (QED) is 0.673. The Balaban J connectivity index is 2.56. The van der Waals surface area contributed by atoms with Crippen LogP contribution < -0.4 is 10.2 Å². The van der Waals surface area contributed by atoms with Gasteiger partial charge in [0.25, 0.3) is 5.91 Å². The molecule has 1 heterocycles. The van der Waals surface area contributed by atoms with Crippen molar-refractivity contribution >= 4 is 17.7 Å². The Kier molecular flexibility index (Phi) is 4.51. The molecule has 2 rings (SSSR count). The van der Waals surface area contributed by atoms with E-state index in [1.807, 2.05) is 13.0 Å². The number of nitrogens with zero attached hydrogens (tertiary/aromatic N) is 2. The average Bonchev–Trinajstić information content (AvgIpc) is 2.50. The molecule has 4 heteroatoms. The fraction of sp³-hybridized carbons (Fsp3) is 0.474. The molecule has 1 atom stereocenters. The lowest BCUT2D eigenvalue weighted by Crippen LogP contribution is -2.45. The van der Waals surface area contributed by atoms with Gasteiger partial charge in [0.15, 0.2) is 0 Å². The summed E-state index contributed by atoms with van der Waals surface area (Å²) in [6.45, 7) is 8.77. The van der Waals surface area contributed by atoms with Crippen molar-refractivity contribution in [3.05, 3.63) is 34.4 Å². The van der Waals surface area contributed by atoms with Crippen molar-refractivity contribution in [2.24, 2.45) is 0 Å². The van der Waals surface area contributed by atoms with Gasteiger partial charge in [-0.25, -0.2) is 0 Å². The van der Waals surface area contributed by atoms with Crippen LogP contribution in [0.15, 0.2) is 17.7 Å². The highest BCUT2D eigenvalue weighted by Crippen LogP contribution is 2.43. The number of fused-ring (bicyclic) bond motifs is 1. The SMILES string of the molecule is CNC(=O)/C(C#N)=C\c1cc2c(cc1C)N(C)C(C)(C)C[C@H]2C. The number of hydrogen-bond donors (Lipinski definition) is 1. The Bertz CT molecular complexity index is 710. The van der Waals surface area contributed by atoms with E-state index in [0.717, 1.165) is 17.5 Å². The lowest BCUT2D eigenvalue weighted by atomic mass is 9.79. The highest BCUT2D eigenvalue weighted by Gasteiger charge is 2.34. The number of benzene rings is 1. The summed E-state index contributed by atoms with van der Waals surface area (Å²) in [7, 11) is 3.66. The molecule has 1 aromatic carbocycles. The first kappa shape index (κ1) is 17.1. The van der Waals surface area contributed by atoms with E-state index in [0.29, 0.717) is 5.92 Å². The molecule has 0 unspecified atom stereocenters. The number of likely N-dealkylation sites (N-methyl/N-ethyl adjacent to an activating group) is 1. The van der Waals surface area contributed by atoms with Crippen LogP contribution in [-0.4, -0.2) is 25.5 Å². The molecule has 1 N–H and O–H groups in total. The minimum atomic E-state index is -0.351. The van der Waals surface area contributed by atoms with Crippen LogP contribution in [0.25, 0.3) is 6.08 Å². The van der Waals surface area contributed by atoms with Gasteiger partial charge in [0.1, 0.15) is 11.6 Å². The maximum atomic E-state index is 11.7. The molecule has 0 saturated heterocycles. The number of hydrogen-bond acceptors (Lipinski definition) is 3. The highest BCUT2D eigenvalue weighted by molar-refractivity contribution is 6.01. The second-order valence-corrected chi connectivity index (χ2v) is 6.99. The monoisotopic (exact) mass is 311 g/mol. The van der Waals surface area contributed by atoms with Gasteiger partial charge in [-0.3, -0.25) is 4.79 Å². The minimum absolute atomic E-state index is 0.121. The Morgan fingerprint density at radius 1 is 1.48 bits per heavy atom. The van der Waals surface area contributed by atoms with E-state index in [1.165, 1.54) is 18.3 Å². The number of carbonyl (C=O) groups excluding carboxylic acids is 1. The van der Waals surface area contributed by atoms with Crippen LogP contribution in [0, 0.1) is 18.3 Å². The maximum absolute atomic E-state index is 11.7. The zero-order valence-electron chi connectivity index (χ0n) is 14.8. The fourth-order valence-corrected chi connectivity index (χ4v) is 3.33. The Morgan fingerprint density at radius 2 is 2.13 bits per heavy atom. The van der Waals surface area contributed by atoms with Gasteiger partial charge in [0.05, 0.1) is 0 Å². The topological polar surface area (TPSA) is 56.1 Å². The summed E-state index contributed by atoms with van der Waals surface area (Å²) in [4.78, 5) is 14.1. The van der Waals surface area contributed by atoms with Gasteiger partial charge >= 0.3 is 0 Å². The predicted octanol–water partition coefficient (Wildman–Crippen LogP) is 3.37. The molecule has 1 aliphatic rings. The van der Waals surface area contributed by atoms with Gasteiger partial charge in [-0.1, -0.05) is 6.92 Å². The van der Waals surface area contributed by atoms with E-state index < -0.39 is 0 Å². The molecule has 4 nitrogen and oxygen atoms in total. The van der Waals surface area contributed by atoms with Crippen LogP contribution in [0.3, 0.4) is 0 Å². The predicted molar refractivity (Wildman–Crippen MR) is 94.3 cm³/mol. The molecular formula is C19H25N3O. The molecule has 0 radical (unpaired) electrons. The largest absolute Gasteiger partial charge is 0.369 e. The van der Waals surface area contributed by atoms with Gasteiger partial charge in [-0.15, -0.1) is 0 Å². The second kappa shape index (κ2) is 6.08. The molecule has 0 saturated carbocycles. The third kappa shape index (κ3) is 3.10. The van der Waals surface area contributed by atoms with Gasteiger partial charge in [0.2, 0.25) is 0 Å². The summed E-state index contributed by atoms with van der Waals surface area (Å²) in [5, 5.41) is 11.7. The van der Waals surface area contributed by atoms with E-state index in [4.69, 9.17) is 0 Å². The van der Waals surface area contributed by atoms with Crippen molar-refractivity contribution in [1.82, 2.24) is 5.32 Å². The first-order valence-corrected chi connectivity index (χ1v) is 7.93. The lowest BCUT2D eigenvalue weighted by Gasteiger charge is -2.45. The molecule has 1 aliphatic heterocycles. The molecular weight excluding hydrogens is 286 g/mol. The number of amides is 1. The third-order valence-electron chi connectivity index (χ3n) is 4.91. The van der Waals surface area contributed by atoms with E-state index >= 15 is 0 Å². The molecule has 0 fully saturated rings. The summed E-state index contributed by atoms with van der Waals surface area (Å²) in [6.07, 6.45) is 2.75. The van der Waals surface area contributed by atoms with Crippen molar-refractivity contribution in [1.29, 1.82) is 5.26 Å². The van der Waals surface area contributed by atoms with Crippen LogP contribution in [0.5, 0.6) is 0 Å². The van der Waals surface area contributed by atoms with E-state index in [-0.39, 0.29) is 17.0 Å². The van der Waals surface area contributed by atoms with Crippen LogP contribution in [-0.2, 0) is 4.79 Å². The number of anilines is 1. The van der Waals surface area contributed by atoms with E-state index in [9.17, 15) is 10.1 Å². The number of aryl methyl sites for hydroxylation is 1. The van der Waals surface area contributed by atoms with Crippen molar-refractivity contribution in [2.45, 2.75) is 45.6 Å². The summed E-state index contributed by atoms with van der Waals surface area (Å²) >= 11 is 0. The standard InChI is InChI=1S/C19H25N3O/c1-12-7-17-16(13(2)10-19(3,4)22(17)6)9-14(12)8-15(11-20)18(23)21-5/h7-9,13H,10H2,1-6H3,(H,21,23)/b15-8-/t13-/m1/s1. The second-order valence-electron chi connectivity index (χ2n) is 6.99. The number of carbonyl (C=O) groups is 1. The molecule has 23 heavy (non-hydrogen) atoms. The average molecular weight is 311 g/mol. The zero-order chi connectivity index (χ0) is 17.4. The van der Waals surface area contributed by atoms with Crippen molar-refractivity contribution in [2.75, 3.05) is 19.0 Å². The third-order valence-corrected chi connectivity index (χ3v) is 4.91. The van der Waals surface area contributed by atoms with Crippen molar-refractivity contribution < 1.29 is 4.79 Å². The number of nitrogens with one attached hydrogen (secondary N) is 1. The molecule has 0 aliphatic carbocycles. The van der Waals surface area contributed by atoms with Crippen LogP contribution >= 0.6 is 0 Å². The van der Waals surface area contributed by atoms with E-state index in [2.05, 4.69) is 50.2 Å². The first-order chi connectivity index (χ1) is 10.7. The van der Waals surface area contributed by atoms with Gasteiger partial charge < -0.3 is 10.2 Å². The van der Waals surface area contributed by atoms with Crippen LogP contribution in [0.4, 0.5) is 5.69 Å². The van der Waals surface area contributed by atoms with Gasteiger partial charge in [0, 0.05) is 25.3 Å². The number of rotatable bonds is 2. The number of nitriles is 1. The summed E-state index contributed by atoms with van der Waals surface area (Å²) in [5.41, 5.74) is 4.77. The molecule has 122 valence electrons. The molecule has 0 bridgehead atoms. The summed E-state index contributed by atoms with van der Waals surface area (Å²) < 4.78 is 0. The molecule has 1 aromatic rings. The van der Waals surface area contributed by atoms with Crippen LogP contribution in [0.1, 0.15) is 49.8 Å². The fourth-order valence-electron chi connectivity index (χ4n) is 3.33. The summed E-state index contributed by atoms with van der Waals surface area (Å²) in [6, 6.07) is 6.27. The first-order valence-electron chi connectivity index (χ1n) is 7.93. The van der Waals surface area contributed by atoms with Crippen LogP contribution in [0.2, 0.25) is 0 Å². The molecule has 0 aromatic heterocycles. The minimum Gasteiger partial charge on any atom is -0.369 e. The Morgan fingerprint density at radius 3 is 2.70 bits per heavy atom. The highest BCUT2D eigenvalue weighted by atomic mass is 16.1. The zero-order valence-corrected chi connectivity index (χ0v) is 14.8.